The highest BCUT2D eigenvalue weighted by Gasteiger charge is 2.43. The van der Waals surface area contributed by atoms with Crippen molar-refractivity contribution in [3.63, 3.8) is 0 Å². The predicted octanol–water partition coefficient (Wildman–Crippen LogP) is 2.57. The molecular weight excluding hydrogens is 230 g/mol. The molecular formula is C12H12F2O3. The number of rotatable bonds is 3. The predicted molar refractivity (Wildman–Crippen MR) is 55.8 cm³/mol. The fourth-order valence-electron chi connectivity index (χ4n) is 2.40. The Morgan fingerprint density at radius 3 is 2.47 bits per heavy atom. The second-order valence-electron chi connectivity index (χ2n) is 4.49. The molecule has 0 bridgehead atoms. The van der Waals surface area contributed by atoms with Gasteiger partial charge in [0.2, 0.25) is 0 Å². The summed E-state index contributed by atoms with van der Waals surface area (Å²) in [5, 5.41) is 18.4. The standard InChI is InChI=1S/C12H12F2O3/c13-7-4-8(11(17)9(14)5-7)12(2-1-3-12)6-10(15)16/h4-5,17H,1-3,6H2,(H,15,16). The minimum absolute atomic E-state index is 0.0728. The molecule has 0 radical (unpaired) electrons. The van der Waals surface area contributed by atoms with Gasteiger partial charge in [-0.2, -0.15) is 0 Å². The van der Waals surface area contributed by atoms with Gasteiger partial charge in [-0.1, -0.05) is 6.42 Å². The Morgan fingerprint density at radius 2 is 2.00 bits per heavy atom. The molecule has 92 valence electrons. The number of phenolic OH excluding ortho intramolecular Hbond substituents is 1. The van der Waals surface area contributed by atoms with E-state index < -0.39 is 28.8 Å². The minimum atomic E-state index is -1.04. The van der Waals surface area contributed by atoms with E-state index in [0.29, 0.717) is 18.9 Å². The molecule has 1 fully saturated rings. The first-order valence-corrected chi connectivity index (χ1v) is 5.35. The van der Waals surface area contributed by atoms with Gasteiger partial charge < -0.3 is 10.2 Å². The van der Waals surface area contributed by atoms with Gasteiger partial charge in [-0.05, 0) is 18.9 Å². The van der Waals surface area contributed by atoms with Crippen molar-refractivity contribution < 1.29 is 23.8 Å². The van der Waals surface area contributed by atoms with E-state index in [4.69, 9.17) is 5.11 Å². The van der Waals surface area contributed by atoms with E-state index in [9.17, 15) is 18.7 Å². The van der Waals surface area contributed by atoms with E-state index in [-0.39, 0.29) is 12.0 Å². The molecule has 1 saturated carbocycles. The maximum absolute atomic E-state index is 13.2. The molecule has 17 heavy (non-hydrogen) atoms. The van der Waals surface area contributed by atoms with Gasteiger partial charge in [0.25, 0.3) is 0 Å². The summed E-state index contributed by atoms with van der Waals surface area (Å²) < 4.78 is 26.4. The van der Waals surface area contributed by atoms with Crippen LogP contribution in [0.1, 0.15) is 31.2 Å². The van der Waals surface area contributed by atoms with Crippen LogP contribution in [0.2, 0.25) is 0 Å². The Bertz CT molecular complexity index is 467. The summed E-state index contributed by atoms with van der Waals surface area (Å²) in [5.41, 5.74) is -0.748. The first-order valence-electron chi connectivity index (χ1n) is 5.35. The van der Waals surface area contributed by atoms with Crippen molar-refractivity contribution in [1.29, 1.82) is 0 Å². The van der Waals surface area contributed by atoms with Gasteiger partial charge >= 0.3 is 5.97 Å². The molecule has 1 aromatic rings. The smallest absolute Gasteiger partial charge is 0.304 e. The lowest BCUT2D eigenvalue weighted by atomic mass is 9.62. The lowest BCUT2D eigenvalue weighted by Gasteiger charge is -2.41. The van der Waals surface area contributed by atoms with E-state index in [2.05, 4.69) is 0 Å². The first kappa shape index (κ1) is 11.8. The van der Waals surface area contributed by atoms with Crippen molar-refractivity contribution >= 4 is 5.97 Å². The summed E-state index contributed by atoms with van der Waals surface area (Å²) in [7, 11) is 0. The van der Waals surface area contributed by atoms with Crippen LogP contribution in [0, 0.1) is 11.6 Å². The number of hydrogen-bond acceptors (Lipinski definition) is 2. The van der Waals surface area contributed by atoms with E-state index in [0.717, 1.165) is 12.5 Å². The molecule has 1 aromatic carbocycles. The number of halogens is 2. The quantitative estimate of drug-likeness (QED) is 0.856. The third-order valence-corrected chi connectivity index (χ3v) is 3.40. The van der Waals surface area contributed by atoms with E-state index in [1.165, 1.54) is 0 Å². The van der Waals surface area contributed by atoms with Crippen LogP contribution in [0.4, 0.5) is 8.78 Å². The molecule has 5 heteroatoms. The Hall–Kier alpha value is -1.65. The molecule has 3 nitrogen and oxygen atoms in total. The van der Waals surface area contributed by atoms with Crippen LogP contribution in [0.15, 0.2) is 12.1 Å². The van der Waals surface area contributed by atoms with Crippen LogP contribution in [0.3, 0.4) is 0 Å². The largest absolute Gasteiger partial charge is 0.505 e. The molecule has 0 unspecified atom stereocenters. The number of phenols is 1. The molecule has 0 saturated heterocycles. The zero-order valence-electron chi connectivity index (χ0n) is 9.04. The summed E-state index contributed by atoms with van der Waals surface area (Å²) >= 11 is 0. The van der Waals surface area contributed by atoms with Gasteiger partial charge in [-0.3, -0.25) is 4.79 Å². The molecule has 1 aliphatic carbocycles. The highest BCUT2D eigenvalue weighted by Crippen LogP contribution is 2.50. The Morgan fingerprint density at radius 1 is 1.35 bits per heavy atom. The van der Waals surface area contributed by atoms with Crippen LogP contribution in [0.25, 0.3) is 0 Å². The molecule has 2 rings (SSSR count). The number of aliphatic carboxylic acids is 1. The number of carboxylic acids is 1. The summed E-state index contributed by atoms with van der Waals surface area (Å²) in [5.74, 6) is -3.51. The number of carboxylic acid groups (broad SMARTS) is 1. The zero-order chi connectivity index (χ0) is 12.6. The third kappa shape index (κ3) is 1.97. The van der Waals surface area contributed by atoms with Gasteiger partial charge in [0.05, 0.1) is 6.42 Å². The SMILES string of the molecule is O=C(O)CC1(c2cc(F)cc(F)c2O)CCC1. The second-order valence-corrected chi connectivity index (χ2v) is 4.49. The average molecular weight is 242 g/mol. The maximum Gasteiger partial charge on any atom is 0.304 e. The highest BCUT2D eigenvalue weighted by atomic mass is 19.1. The summed E-state index contributed by atoms with van der Waals surface area (Å²) in [4.78, 5) is 10.8. The average Bonchev–Trinajstić information content (AvgIpc) is 2.17. The lowest BCUT2D eigenvalue weighted by Crippen LogP contribution is -2.36. The fourth-order valence-corrected chi connectivity index (χ4v) is 2.40. The van der Waals surface area contributed by atoms with E-state index in [1.54, 1.807) is 0 Å². The van der Waals surface area contributed by atoms with Crippen molar-refractivity contribution in [2.75, 3.05) is 0 Å². The van der Waals surface area contributed by atoms with Crippen LogP contribution in [0.5, 0.6) is 5.75 Å². The third-order valence-electron chi connectivity index (χ3n) is 3.40. The molecule has 2 N–H and O–H groups in total. The molecule has 1 aliphatic rings. The highest BCUT2D eigenvalue weighted by molar-refractivity contribution is 5.70. The van der Waals surface area contributed by atoms with Crippen molar-refractivity contribution in [1.82, 2.24) is 0 Å². The Kier molecular flexibility index (Phi) is 2.77. The minimum Gasteiger partial charge on any atom is -0.505 e. The van der Waals surface area contributed by atoms with Gasteiger partial charge in [-0.15, -0.1) is 0 Å². The molecule has 0 atom stereocenters. The van der Waals surface area contributed by atoms with Crippen LogP contribution in [-0.4, -0.2) is 16.2 Å². The molecule has 0 aliphatic heterocycles. The fraction of sp³-hybridized carbons (Fsp3) is 0.417. The van der Waals surface area contributed by atoms with Crippen molar-refractivity contribution in [2.45, 2.75) is 31.1 Å². The number of aromatic hydroxyl groups is 1. The zero-order valence-corrected chi connectivity index (χ0v) is 9.04. The summed E-state index contributed by atoms with van der Waals surface area (Å²) in [6.07, 6.45) is 1.62. The van der Waals surface area contributed by atoms with E-state index >= 15 is 0 Å². The van der Waals surface area contributed by atoms with Crippen molar-refractivity contribution in [3.05, 3.63) is 29.3 Å². The topological polar surface area (TPSA) is 57.5 Å². The van der Waals surface area contributed by atoms with Crippen LogP contribution < -0.4 is 0 Å². The second kappa shape index (κ2) is 3.98. The summed E-state index contributed by atoms with van der Waals surface area (Å²) in [6.45, 7) is 0. The van der Waals surface area contributed by atoms with Crippen LogP contribution >= 0.6 is 0 Å². The molecule has 0 spiro atoms. The normalized spacial score (nSPS) is 17.5. The van der Waals surface area contributed by atoms with Crippen molar-refractivity contribution in [2.24, 2.45) is 0 Å². The molecule has 0 aromatic heterocycles. The lowest BCUT2D eigenvalue weighted by molar-refractivity contribution is -0.139. The van der Waals surface area contributed by atoms with E-state index in [1.807, 2.05) is 0 Å². The maximum atomic E-state index is 13.2. The summed E-state index contributed by atoms with van der Waals surface area (Å²) in [6, 6.07) is 1.62. The Balaban J connectivity index is 2.47. The van der Waals surface area contributed by atoms with Gasteiger partial charge in [0.1, 0.15) is 5.82 Å². The van der Waals surface area contributed by atoms with Gasteiger partial charge in [0.15, 0.2) is 11.6 Å². The first-order chi connectivity index (χ1) is 7.94. The number of benzene rings is 1. The van der Waals surface area contributed by atoms with Gasteiger partial charge in [-0.25, -0.2) is 8.78 Å². The monoisotopic (exact) mass is 242 g/mol. The molecule has 0 amide bonds. The van der Waals surface area contributed by atoms with Crippen molar-refractivity contribution in [3.8, 4) is 5.75 Å². The van der Waals surface area contributed by atoms with Crippen LogP contribution in [-0.2, 0) is 10.2 Å². The number of hydrogen-bond donors (Lipinski definition) is 2. The number of carbonyl (C=O) groups is 1. The Labute approximate surface area is 96.7 Å². The molecule has 0 heterocycles. The van der Waals surface area contributed by atoms with Gasteiger partial charge in [0, 0.05) is 17.0 Å².